The molecular formula is C16H11NOS. The summed E-state index contributed by atoms with van der Waals surface area (Å²) >= 11 is 1.43. The van der Waals surface area contributed by atoms with Gasteiger partial charge in [0, 0.05) is 0 Å². The van der Waals surface area contributed by atoms with Crippen molar-refractivity contribution in [3.63, 3.8) is 0 Å². The number of benzene rings is 2. The predicted molar refractivity (Wildman–Crippen MR) is 79.4 cm³/mol. The van der Waals surface area contributed by atoms with Crippen molar-refractivity contribution in [2.24, 2.45) is 0 Å². The molecule has 0 radical (unpaired) electrons. The van der Waals surface area contributed by atoms with E-state index in [-0.39, 0.29) is 5.78 Å². The molecule has 3 aromatic rings. The molecule has 0 fully saturated rings. The van der Waals surface area contributed by atoms with Gasteiger partial charge in [0.1, 0.15) is 0 Å². The molecule has 19 heavy (non-hydrogen) atoms. The van der Waals surface area contributed by atoms with E-state index < -0.39 is 0 Å². The molecule has 2 nitrogen and oxygen atoms in total. The third kappa shape index (κ3) is 2.61. The summed E-state index contributed by atoms with van der Waals surface area (Å²) in [6.45, 7) is 0. The highest BCUT2D eigenvalue weighted by molar-refractivity contribution is 7.20. The molecule has 3 rings (SSSR count). The van der Waals surface area contributed by atoms with Crippen LogP contribution in [0.5, 0.6) is 0 Å². The zero-order valence-electron chi connectivity index (χ0n) is 10.1. The van der Waals surface area contributed by atoms with Crippen LogP contribution in [0.25, 0.3) is 16.3 Å². The van der Waals surface area contributed by atoms with E-state index in [0.717, 1.165) is 15.8 Å². The second-order valence-electron chi connectivity index (χ2n) is 4.10. The summed E-state index contributed by atoms with van der Waals surface area (Å²) in [6.07, 6.45) is 3.39. The van der Waals surface area contributed by atoms with Gasteiger partial charge in [-0.15, -0.1) is 11.3 Å². The number of aromatic nitrogens is 1. The molecule has 3 heteroatoms. The fourth-order valence-corrected chi connectivity index (χ4v) is 2.67. The van der Waals surface area contributed by atoms with Crippen molar-refractivity contribution >= 4 is 33.4 Å². The molecule has 1 heterocycles. The van der Waals surface area contributed by atoms with Gasteiger partial charge in [-0.05, 0) is 23.8 Å². The average molecular weight is 265 g/mol. The lowest BCUT2D eigenvalue weighted by Gasteiger charge is -1.90. The lowest BCUT2D eigenvalue weighted by molar-refractivity contribution is 0.104. The number of carbonyl (C=O) groups excluding carboxylic acids is 1. The van der Waals surface area contributed by atoms with Crippen molar-refractivity contribution in [2.75, 3.05) is 0 Å². The minimum absolute atomic E-state index is 0.0509. The summed E-state index contributed by atoms with van der Waals surface area (Å²) in [6, 6.07) is 17.5. The smallest absolute Gasteiger partial charge is 0.214 e. The van der Waals surface area contributed by atoms with Crippen molar-refractivity contribution in [3.05, 3.63) is 71.2 Å². The van der Waals surface area contributed by atoms with Crippen LogP contribution in [-0.4, -0.2) is 10.8 Å². The van der Waals surface area contributed by atoms with Gasteiger partial charge < -0.3 is 0 Å². The van der Waals surface area contributed by atoms with Gasteiger partial charge in [-0.2, -0.15) is 0 Å². The second-order valence-corrected chi connectivity index (χ2v) is 5.13. The molecule has 1 aromatic heterocycles. The van der Waals surface area contributed by atoms with Crippen LogP contribution in [0.15, 0.2) is 60.7 Å². The average Bonchev–Trinajstić information content (AvgIpc) is 2.90. The third-order valence-electron chi connectivity index (χ3n) is 2.73. The standard InChI is InChI=1S/C16H11NOS/c18-14(11-10-12-6-2-1-3-7-12)16-17-13-8-4-5-9-15(13)19-16/h1-11H/b11-10+. The lowest BCUT2D eigenvalue weighted by Crippen LogP contribution is -1.91. The van der Waals surface area contributed by atoms with Crippen LogP contribution >= 0.6 is 11.3 Å². The first-order valence-corrected chi connectivity index (χ1v) is 6.77. The van der Waals surface area contributed by atoms with Crippen molar-refractivity contribution in [2.45, 2.75) is 0 Å². The molecular weight excluding hydrogens is 254 g/mol. The zero-order valence-corrected chi connectivity index (χ0v) is 10.9. The lowest BCUT2D eigenvalue weighted by atomic mass is 10.2. The summed E-state index contributed by atoms with van der Waals surface area (Å²) in [7, 11) is 0. The molecule has 0 saturated heterocycles. The Bertz CT molecular complexity index is 711. The maximum atomic E-state index is 12.0. The first-order valence-electron chi connectivity index (χ1n) is 5.96. The van der Waals surface area contributed by atoms with E-state index in [1.165, 1.54) is 11.3 Å². The highest BCUT2D eigenvalue weighted by atomic mass is 32.1. The molecule has 0 bridgehead atoms. The van der Waals surface area contributed by atoms with E-state index >= 15 is 0 Å². The van der Waals surface area contributed by atoms with Crippen LogP contribution in [0.3, 0.4) is 0 Å². The Balaban J connectivity index is 1.86. The molecule has 0 amide bonds. The number of hydrogen-bond acceptors (Lipinski definition) is 3. The summed E-state index contributed by atoms with van der Waals surface area (Å²) < 4.78 is 1.04. The van der Waals surface area contributed by atoms with Crippen molar-refractivity contribution in [3.8, 4) is 0 Å². The summed E-state index contributed by atoms with van der Waals surface area (Å²) in [4.78, 5) is 16.4. The van der Waals surface area contributed by atoms with Crippen LogP contribution in [-0.2, 0) is 0 Å². The molecule has 0 aliphatic rings. The normalized spacial score (nSPS) is 11.2. The van der Waals surface area contributed by atoms with E-state index in [2.05, 4.69) is 4.98 Å². The molecule has 0 aliphatic carbocycles. The van der Waals surface area contributed by atoms with Gasteiger partial charge in [0.25, 0.3) is 0 Å². The van der Waals surface area contributed by atoms with Crippen LogP contribution < -0.4 is 0 Å². The van der Waals surface area contributed by atoms with Crippen LogP contribution in [0.2, 0.25) is 0 Å². The monoisotopic (exact) mass is 265 g/mol. The van der Waals surface area contributed by atoms with Gasteiger partial charge >= 0.3 is 0 Å². The Hall–Kier alpha value is -2.26. The number of allylic oxidation sites excluding steroid dienone is 1. The van der Waals surface area contributed by atoms with Crippen LogP contribution in [0, 0.1) is 0 Å². The maximum absolute atomic E-state index is 12.0. The highest BCUT2D eigenvalue weighted by Gasteiger charge is 2.08. The largest absolute Gasteiger partial charge is 0.287 e. The van der Waals surface area contributed by atoms with Crippen molar-refractivity contribution < 1.29 is 4.79 Å². The summed E-state index contributed by atoms with van der Waals surface area (Å²) in [5, 5.41) is 0.536. The molecule has 0 N–H and O–H groups in total. The first kappa shape index (κ1) is 11.8. The van der Waals surface area contributed by atoms with E-state index in [9.17, 15) is 4.79 Å². The van der Waals surface area contributed by atoms with Gasteiger partial charge in [0.2, 0.25) is 5.78 Å². The summed E-state index contributed by atoms with van der Waals surface area (Å²) in [5.74, 6) is -0.0509. The molecule has 0 unspecified atom stereocenters. The molecule has 92 valence electrons. The van der Waals surface area contributed by atoms with Crippen molar-refractivity contribution in [1.29, 1.82) is 0 Å². The first-order chi connectivity index (χ1) is 9.33. The number of hydrogen-bond donors (Lipinski definition) is 0. The fourth-order valence-electron chi connectivity index (χ4n) is 1.78. The van der Waals surface area contributed by atoms with Gasteiger partial charge in [-0.1, -0.05) is 48.5 Å². The fraction of sp³-hybridized carbons (Fsp3) is 0. The van der Waals surface area contributed by atoms with Gasteiger partial charge in [0.15, 0.2) is 5.01 Å². The Morgan fingerprint density at radius 3 is 2.53 bits per heavy atom. The van der Waals surface area contributed by atoms with Crippen LogP contribution in [0.4, 0.5) is 0 Å². The predicted octanol–water partition coefficient (Wildman–Crippen LogP) is 4.19. The van der Waals surface area contributed by atoms with Crippen molar-refractivity contribution in [1.82, 2.24) is 4.98 Å². The molecule has 0 spiro atoms. The van der Waals surface area contributed by atoms with E-state index in [4.69, 9.17) is 0 Å². The van der Waals surface area contributed by atoms with E-state index in [0.29, 0.717) is 5.01 Å². The maximum Gasteiger partial charge on any atom is 0.214 e. The number of rotatable bonds is 3. The van der Waals surface area contributed by atoms with Crippen LogP contribution in [0.1, 0.15) is 15.4 Å². The Morgan fingerprint density at radius 2 is 1.74 bits per heavy atom. The van der Waals surface area contributed by atoms with Gasteiger partial charge in [0.05, 0.1) is 10.2 Å². The van der Waals surface area contributed by atoms with Gasteiger partial charge in [-0.3, -0.25) is 4.79 Å². The highest BCUT2D eigenvalue weighted by Crippen LogP contribution is 2.22. The number of carbonyl (C=O) groups is 1. The Labute approximate surface area is 115 Å². The number of ketones is 1. The number of thiazole rings is 1. The van der Waals surface area contributed by atoms with E-state index in [1.54, 1.807) is 6.08 Å². The Kier molecular flexibility index (Phi) is 3.21. The molecule has 0 saturated carbocycles. The molecule has 0 atom stereocenters. The summed E-state index contributed by atoms with van der Waals surface area (Å²) in [5.41, 5.74) is 1.89. The number of fused-ring (bicyclic) bond motifs is 1. The SMILES string of the molecule is O=C(/C=C/c1ccccc1)c1nc2ccccc2s1. The zero-order chi connectivity index (χ0) is 13.1. The topological polar surface area (TPSA) is 30.0 Å². The second kappa shape index (κ2) is 5.16. The Morgan fingerprint density at radius 1 is 1.00 bits per heavy atom. The minimum atomic E-state index is -0.0509. The van der Waals surface area contributed by atoms with E-state index in [1.807, 2.05) is 60.7 Å². The molecule has 2 aromatic carbocycles. The number of para-hydroxylation sites is 1. The third-order valence-corrected chi connectivity index (χ3v) is 3.78. The quantitative estimate of drug-likeness (QED) is 0.525. The molecule has 0 aliphatic heterocycles. The number of nitrogens with zero attached hydrogens (tertiary/aromatic N) is 1. The minimum Gasteiger partial charge on any atom is -0.287 e. The van der Waals surface area contributed by atoms with Gasteiger partial charge in [-0.25, -0.2) is 4.98 Å².